The van der Waals surface area contributed by atoms with Crippen LogP contribution in [0.3, 0.4) is 0 Å². The van der Waals surface area contributed by atoms with Gasteiger partial charge < -0.3 is 14.2 Å². The fourth-order valence-corrected chi connectivity index (χ4v) is 4.18. The van der Waals surface area contributed by atoms with Crippen molar-refractivity contribution in [3.8, 4) is 5.75 Å². The highest BCUT2D eigenvalue weighted by molar-refractivity contribution is 7.89. The molecule has 1 saturated heterocycles. The number of ketones is 1. The first-order valence-electron chi connectivity index (χ1n) is 8.94. The summed E-state index contributed by atoms with van der Waals surface area (Å²) in [7, 11) is -2.11. The number of Topliss-reactive ketones (excluding diaryl/α,β-unsaturated/α-hetero) is 1. The van der Waals surface area contributed by atoms with Gasteiger partial charge in [0.05, 0.1) is 30.8 Å². The van der Waals surface area contributed by atoms with Crippen LogP contribution in [0.4, 0.5) is 0 Å². The van der Waals surface area contributed by atoms with Gasteiger partial charge in [-0.05, 0) is 48.5 Å². The minimum Gasteiger partial charge on any atom is -0.497 e. The summed E-state index contributed by atoms with van der Waals surface area (Å²) < 4.78 is 41.8. The third-order valence-corrected chi connectivity index (χ3v) is 6.36. The van der Waals surface area contributed by atoms with E-state index in [1.165, 1.54) is 47.8 Å². The molecule has 0 bridgehead atoms. The van der Waals surface area contributed by atoms with Crippen LogP contribution in [0.1, 0.15) is 20.7 Å². The fraction of sp³-hybridized carbons (Fsp3) is 0.300. The summed E-state index contributed by atoms with van der Waals surface area (Å²) in [6.07, 6.45) is 0. The number of hydrogen-bond donors (Lipinski definition) is 0. The van der Waals surface area contributed by atoms with Gasteiger partial charge in [-0.25, -0.2) is 13.2 Å². The Morgan fingerprint density at radius 2 is 1.55 bits per heavy atom. The Bertz CT molecular complexity index is 963. The molecule has 1 fully saturated rings. The van der Waals surface area contributed by atoms with Gasteiger partial charge in [-0.2, -0.15) is 4.31 Å². The number of rotatable bonds is 7. The Morgan fingerprint density at radius 3 is 2.14 bits per heavy atom. The molecule has 0 aromatic heterocycles. The minimum atomic E-state index is -3.63. The number of nitrogens with zero attached hydrogens (tertiary/aromatic N) is 1. The van der Waals surface area contributed by atoms with E-state index < -0.39 is 28.4 Å². The van der Waals surface area contributed by atoms with Crippen LogP contribution in [-0.2, 0) is 19.5 Å². The zero-order valence-corrected chi connectivity index (χ0v) is 16.7. The number of hydrogen-bond acceptors (Lipinski definition) is 7. The number of morpholine rings is 1. The fourth-order valence-electron chi connectivity index (χ4n) is 2.77. The molecule has 2 aromatic rings. The van der Waals surface area contributed by atoms with E-state index in [0.717, 1.165) is 0 Å². The van der Waals surface area contributed by atoms with E-state index >= 15 is 0 Å². The largest absolute Gasteiger partial charge is 0.497 e. The third-order valence-electron chi connectivity index (χ3n) is 4.44. The van der Waals surface area contributed by atoms with Crippen LogP contribution in [-0.4, -0.2) is 64.5 Å². The predicted octanol–water partition coefficient (Wildman–Crippen LogP) is 1.76. The Labute approximate surface area is 169 Å². The molecular weight excluding hydrogens is 398 g/mol. The molecule has 2 aromatic carbocycles. The molecule has 8 nitrogen and oxygen atoms in total. The van der Waals surface area contributed by atoms with Crippen molar-refractivity contribution in [2.24, 2.45) is 0 Å². The lowest BCUT2D eigenvalue weighted by Gasteiger charge is -2.26. The molecule has 0 radical (unpaired) electrons. The van der Waals surface area contributed by atoms with Crippen LogP contribution in [0.25, 0.3) is 0 Å². The zero-order chi connectivity index (χ0) is 20.9. The summed E-state index contributed by atoms with van der Waals surface area (Å²) in [5, 5.41) is 0. The summed E-state index contributed by atoms with van der Waals surface area (Å²) in [6, 6.07) is 11.9. The molecule has 1 aliphatic rings. The molecule has 1 heterocycles. The molecular formula is C20H21NO7S. The maximum absolute atomic E-state index is 12.6. The van der Waals surface area contributed by atoms with Crippen LogP contribution in [0.5, 0.6) is 5.75 Å². The van der Waals surface area contributed by atoms with Gasteiger partial charge in [-0.15, -0.1) is 0 Å². The number of sulfonamides is 1. The van der Waals surface area contributed by atoms with Crippen molar-refractivity contribution in [2.75, 3.05) is 40.0 Å². The van der Waals surface area contributed by atoms with Crippen molar-refractivity contribution >= 4 is 21.8 Å². The maximum Gasteiger partial charge on any atom is 0.338 e. The van der Waals surface area contributed by atoms with E-state index in [4.69, 9.17) is 14.2 Å². The van der Waals surface area contributed by atoms with Gasteiger partial charge in [0.1, 0.15) is 5.75 Å². The monoisotopic (exact) mass is 419 g/mol. The quantitative estimate of drug-likeness (QED) is 0.498. The second kappa shape index (κ2) is 9.17. The van der Waals surface area contributed by atoms with E-state index in [-0.39, 0.29) is 10.5 Å². The average Bonchev–Trinajstić information content (AvgIpc) is 2.78. The molecule has 154 valence electrons. The van der Waals surface area contributed by atoms with Gasteiger partial charge >= 0.3 is 5.97 Å². The SMILES string of the molecule is COc1ccc(C(=O)OCC(=O)c2ccc(S(=O)(=O)N3CCOCC3)cc2)cc1. The first-order chi connectivity index (χ1) is 13.9. The summed E-state index contributed by atoms with van der Waals surface area (Å²) in [5.74, 6) is -0.459. The van der Waals surface area contributed by atoms with Gasteiger partial charge in [0.15, 0.2) is 12.4 Å². The van der Waals surface area contributed by atoms with Gasteiger partial charge in [-0.3, -0.25) is 4.79 Å². The Balaban J connectivity index is 1.60. The number of carbonyl (C=O) groups excluding carboxylic acids is 2. The Morgan fingerprint density at radius 1 is 0.966 bits per heavy atom. The van der Waals surface area contributed by atoms with Gasteiger partial charge in [0.25, 0.3) is 0 Å². The highest BCUT2D eigenvalue weighted by Gasteiger charge is 2.26. The number of carbonyl (C=O) groups is 2. The first kappa shape index (κ1) is 21.0. The molecule has 0 unspecified atom stereocenters. The third kappa shape index (κ3) is 5.00. The van der Waals surface area contributed by atoms with Crippen molar-refractivity contribution in [1.29, 1.82) is 0 Å². The van der Waals surface area contributed by atoms with Gasteiger partial charge in [0, 0.05) is 18.7 Å². The summed E-state index contributed by atoms with van der Waals surface area (Å²) in [5.41, 5.74) is 0.555. The smallest absolute Gasteiger partial charge is 0.338 e. The summed E-state index contributed by atoms with van der Waals surface area (Å²) in [6.45, 7) is 0.861. The molecule has 0 amide bonds. The molecule has 3 rings (SSSR count). The minimum absolute atomic E-state index is 0.103. The lowest BCUT2D eigenvalue weighted by atomic mass is 10.1. The van der Waals surface area contributed by atoms with E-state index in [2.05, 4.69) is 0 Å². The highest BCUT2D eigenvalue weighted by atomic mass is 32.2. The standard InChI is InChI=1S/C20H21NO7S/c1-26-17-6-2-16(3-7-17)20(23)28-14-19(22)15-4-8-18(9-5-15)29(24,25)21-10-12-27-13-11-21/h2-9H,10-14H2,1H3. The number of benzene rings is 2. The maximum atomic E-state index is 12.6. The molecule has 0 atom stereocenters. The number of methoxy groups -OCH3 is 1. The molecule has 0 saturated carbocycles. The normalized spacial score (nSPS) is 14.9. The Kier molecular flexibility index (Phi) is 6.63. The second-order valence-corrected chi connectivity index (χ2v) is 8.21. The topological polar surface area (TPSA) is 99.2 Å². The zero-order valence-electron chi connectivity index (χ0n) is 15.9. The van der Waals surface area contributed by atoms with Gasteiger partial charge in [-0.1, -0.05) is 0 Å². The Hall–Kier alpha value is -2.75. The molecule has 29 heavy (non-hydrogen) atoms. The average molecular weight is 419 g/mol. The summed E-state index contributed by atoms with van der Waals surface area (Å²) in [4.78, 5) is 24.4. The molecule has 0 aliphatic carbocycles. The van der Waals surface area contributed by atoms with E-state index in [0.29, 0.717) is 37.6 Å². The van der Waals surface area contributed by atoms with Crippen LogP contribution < -0.4 is 4.74 Å². The van der Waals surface area contributed by atoms with Crippen LogP contribution in [0.15, 0.2) is 53.4 Å². The van der Waals surface area contributed by atoms with Gasteiger partial charge in [0.2, 0.25) is 10.0 Å². The van der Waals surface area contributed by atoms with Crippen LogP contribution in [0.2, 0.25) is 0 Å². The van der Waals surface area contributed by atoms with E-state index in [1.54, 1.807) is 12.1 Å². The van der Waals surface area contributed by atoms with Crippen molar-refractivity contribution < 1.29 is 32.2 Å². The lowest BCUT2D eigenvalue weighted by Crippen LogP contribution is -2.40. The molecule has 0 N–H and O–H groups in total. The van der Waals surface area contributed by atoms with Crippen LogP contribution >= 0.6 is 0 Å². The second-order valence-electron chi connectivity index (χ2n) is 6.27. The van der Waals surface area contributed by atoms with E-state index in [9.17, 15) is 18.0 Å². The number of esters is 1. The molecule has 1 aliphatic heterocycles. The highest BCUT2D eigenvalue weighted by Crippen LogP contribution is 2.18. The number of ether oxygens (including phenoxy) is 3. The van der Waals surface area contributed by atoms with Crippen molar-refractivity contribution in [3.05, 3.63) is 59.7 Å². The molecule has 9 heteroatoms. The van der Waals surface area contributed by atoms with Crippen molar-refractivity contribution in [2.45, 2.75) is 4.90 Å². The first-order valence-corrected chi connectivity index (χ1v) is 10.4. The summed E-state index contributed by atoms with van der Waals surface area (Å²) >= 11 is 0. The predicted molar refractivity (Wildman–Crippen MR) is 104 cm³/mol. The lowest BCUT2D eigenvalue weighted by molar-refractivity contribution is 0.0474. The molecule has 0 spiro atoms. The van der Waals surface area contributed by atoms with Crippen molar-refractivity contribution in [3.63, 3.8) is 0 Å². The van der Waals surface area contributed by atoms with Crippen LogP contribution in [0, 0.1) is 0 Å². The van der Waals surface area contributed by atoms with Crippen molar-refractivity contribution in [1.82, 2.24) is 4.31 Å². The van der Waals surface area contributed by atoms with E-state index in [1.807, 2.05) is 0 Å².